The molecule has 0 aliphatic rings. The van der Waals surface area contributed by atoms with Crippen LogP contribution in [0.2, 0.25) is 0 Å². The van der Waals surface area contributed by atoms with Gasteiger partial charge in [0, 0.05) is 0 Å². The van der Waals surface area contributed by atoms with Gasteiger partial charge in [-0.3, -0.25) is 0 Å². The Labute approximate surface area is 153 Å². The molecule has 0 amide bonds. The van der Waals surface area contributed by atoms with Crippen LogP contribution in [0, 0.1) is 0 Å². The topological polar surface area (TPSA) is 52.6 Å². The molecular formula is C18H18BiClO4. The molecule has 0 radical (unpaired) electrons. The van der Waals surface area contributed by atoms with Gasteiger partial charge < -0.3 is 0 Å². The van der Waals surface area contributed by atoms with Crippen molar-refractivity contribution in [1.82, 2.24) is 0 Å². The first-order valence-electron chi connectivity index (χ1n) is 7.57. The van der Waals surface area contributed by atoms with Crippen molar-refractivity contribution >= 4 is 47.6 Å². The van der Waals surface area contributed by atoms with E-state index < -0.39 is 20.6 Å². The molecule has 0 saturated heterocycles. The maximum atomic E-state index is 11.9. The number of esters is 2. The molecule has 2 rings (SSSR count). The van der Waals surface area contributed by atoms with Crippen LogP contribution in [0.1, 0.15) is 34.6 Å². The number of rotatable bonds is 6. The van der Waals surface area contributed by atoms with E-state index in [-0.39, 0.29) is 11.9 Å². The van der Waals surface area contributed by atoms with Gasteiger partial charge in [-0.2, -0.15) is 0 Å². The second-order valence-electron chi connectivity index (χ2n) is 4.82. The maximum absolute atomic E-state index is 11.9. The van der Waals surface area contributed by atoms with Crippen LogP contribution in [0.25, 0.3) is 0 Å². The molecule has 126 valence electrons. The van der Waals surface area contributed by atoms with Gasteiger partial charge in [0.05, 0.1) is 0 Å². The molecule has 0 atom stereocenters. The molecular weight excluding hydrogens is 525 g/mol. The zero-order valence-corrected chi connectivity index (χ0v) is 17.7. The number of hydrogen-bond acceptors (Lipinski definition) is 4. The SMILES string of the molecule is CCOC(=O)c1ccc[c]([Bi]([Cl])[c]2cccc(C(=O)OCC)c2)c1. The van der Waals surface area contributed by atoms with Gasteiger partial charge in [-0.1, -0.05) is 0 Å². The Balaban J connectivity index is 2.27. The Morgan fingerprint density at radius 3 is 1.67 bits per heavy atom. The molecule has 0 bridgehead atoms. The first-order chi connectivity index (χ1) is 11.6. The quantitative estimate of drug-likeness (QED) is 0.416. The van der Waals surface area contributed by atoms with Gasteiger partial charge in [-0.25, -0.2) is 0 Å². The van der Waals surface area contributed by atoms with Crippen molar-refractivity contribution in [3.63, 3.8) is 0 Å². The van der Waals surface area contributed by atoms with E-state index in [1.807, 2.05) is 24.3 Å². The van der Waals surface area contributed by atoms with E-state index in [9.17, 15) is 9.59 Å². The van der Waals surface area contributed by atoms with Crippen LogP contribution >= 0.6 is 8.51 Å². The van der Waals surface area contributed by atoms with Crippen LogP contribution < -0.4 is 6.54 Å². The second kappa shape index (κ2) is 9.14. The van der Waals surface area contributed by atoms with Gasteiger partial charge in [0.2, 0.25) is 0 Å². The Kier molecular flexibility index (Phi) is 7.20. The number of ether oxygens (including phenoxy) is 2. The summed E-state index contributed by atoms with van der Waals surface area (Å²) in [6.45, 7) is 4.20. The molecule has 0 saturated carbocycles. The summed E-state index contributed by atoms with van der Waals surface area (Å²) in [6.07, 6.45) is 0. The van der Waals surface area contributed by atoms with Gasteiger partial charge in [0.1, 0.15) is 0 Å². The summed E-state index contributed by atoms with van der Waals surface area (Å²) in [5.41, 5.74) is 0.994. The molecule has 0 fully saturated rings. The fraction of sp³-hybridized carbons (Fsp3) is 0.222. The summed E-state index contributed by atoms with van der Waals surface area (Å²) in [4.78, 5) is 23.7. The number of carbonyl (C=O) groups excluding carboxylic acids is 2. The molecule has 0 heterocycles. The van der Waals surface area contributed by atoms with E-state index in [2.05, 4.69) is 0 Å². The van der Waals surface area contributed by atoms with Gasteiger partial charge >= 0.3 is 153 Å². The predicted octanol–water partition coefficient (Wildman–Crippen LogP) is 2.38. The van der Waals surface area contributed by atoms with E-state index in [0.29, 0.717) is 24.3 Å². The van der Waals surface area contributed by atoms with Crippen LogP contribution in [0.4, 0.5) is 0 Å². The number of halogens is 1. The van der Waals surface area contributed by atoms with Gasteiger partial charge in [-0.15, -0.1) is 0 Å². The standard InChI is InChI=1S/2C9H9O2.Bi.ClH/c2*1-2-11-9(10)8-6-4-3-5-7-8;;/h2*3-4,6-7H,2H2,1H3;;1H/q;;+1;/p-1. The van der Waals surface area contributed by atoms with Crippen molar-refractivity contribution in [2.75, 3.05) is 13.2 Å². The summed E-state index contributed by atoms with van der Waals surface area (Å²) < 4.78 is 12.0. The Morgan fingerprint density at radius 2 is 1.29 bits per heavy atom. The van der Waals surface area contributed by atoms with Crippen molar-refractivity contribution in [2.45, 2.75) is 13.8 Å². The Hall–Kier alpha value is -1.45. The molecule has 0 spiro atoms. The molecule has 6 heteroatoms. The van der Waals surface area contributed by atoms with Crippen molar-refractivity contribution < 1.29 is 19.1 Å². The molecule has 24 heavy (non-hydrogen) atoms. The molecule has 0 unspecified atom stereocenters. The minimum absolute atomic E-state index is 0.331. The van der Waals surface area contributed by atoms with Crippen LogP contribution in [0.5, 0.6) is 0 Å². The van der Waals surface area contributed by atoms with Crippen molar-refractivity contribution in [3.05, 3.63) is 59.7 Å². The van der Waals surface area contributed by atoms with Crippen LogP contribution in [-0.2, 0) is 9.47 Å². The number of carbonyl (C=O) groups is 2. The summed E-state index contributed by atoms with van der Waals surface area (Å²) >= 11 is -2.76. The monoisotopic (exact) mass is 542 g/mol. The zero-order chi connectivity index (χ0) is 17.5. The van der Waals surface area contributed by atoms with E-state index in [1.165, 1.54) is 0 Å². The summed E-state index contributed by atoms with van der Waals surface area (Å²) in [6, 6.07) is 14.5. The molecule has 0 aliphatic carbocycles. The van der Waals surface area contributed by atoms with E-state index in [1.54, 1.807) is 38.1 Å². The third kappa shape index (κ3) is 4.78. The third-order valence-corrected chi connectivity index (χ3v) is 12.3. The predicted molar refractivity (Wildman–Crippen MR) is 95.7 cm³/mol. The average molecular weight is 543 g/mol. The Morgan fingerprint density at radius 1 is 0.875 bits per heavy atom. The van der Waals surface area contributed by atoms with Crippen molar-refractivity contribution in [2.24, 2.45) is 0 Å². The molecule has 4 nitrogen and oxygen atoms in total. The molecule has 0 aromatic heterocycles. The first kappa shape index (κ1) is 18.9. The van der Waals surface area contributed by atoms with E-state index in [0.717, 1.165) is 6.54 Å². The van der Waals surface area contributed by atoms with Crippen LogP contribution in [0.3, 0.4) is 0 Å². The van der Waals surface area contributed by atoms with Gasteiger partial charge in [0.15, 0.2) is 0 Å². The molecule has 0 N–H and O–H groups in total. The number of benzene rings is 2. The fourth-order valence-corrected chi connectivity index (χ4v) is 8.74. The zero-order valence-electron chi connectivity index (χ0n) is 13.5. The first-order valence-corrected chi connectivity index (χ1v) is 15.3. The third-order valence-electron chi connectivity index (χ3n) is 3.17. The number of hydrogen-bond donors (Lipinski definition) is 0. The normalized spacial score (nSPS) is 10.5. The summed E-state index contributed by atoms with van der Waals surface area (Å²) in [7, 11) is 6.74. The fourth-order valence-electron chi connectivity index (χ4n) is 2.09. The molecule has 2 aromatic rings. The summed E-state index contributed by atoms with van der Waals surface area (Å²) in [5.74, 6) is -0.706. The minimum atomic E-state index is -2.76. The van der Waals surface area contributed by atoms with Crippen LogP contribution in [0.15, 0.2) is 48.5 Å². The molecule has 2 aromatic carbocycles. The van der Waals surface area contributed by atoms with Crippen molar-refractivity contribution in [1.29, 1.82) is 0 Å². The summed E-state index contributed by atoms with van der Waals surface area (Å²) in [5, 5.41) is 0. The van der Waals surface area contributed by atoms with Crippen molar-refractivity contribution in [3.8, 4) is 0 Å². The van der Waals surface area contributed by atoms with Gasteiger partial charge in [0.25, 0.3) is 0 Å². The average Bonchev–Trinajstić information content (AvgIpc) is 2.61. The van der Waals surface area contributed by atoms with Gasteiger partial charge in [-0.05, 0) is 0 Å². The molecule has 0 aliphatic heterocycles. The van der Waals surface area contributed by atoms with Crippen LogP contribution in [-0.4, -0.2) is 45.7 Å². The van der Waals surface area contributed by atoms with E-state index >= 15 is 0 Å². The van der Waals surface area contributed by atoms with E-state index in [4.69, 9.17) is 18.0 Å². The second-order valence-corrected chi connectivity index (χ2v) is 14.0. The Bertz CT molecular complexity index is 671.